The molecule has 0 atom stereocenters. The molecule has 4 rings (SSSR count). The zero-order chi connectivity index (χ0) is 15.3. The van der Waals surface area contributed by atoms with Gasteiger partial charge in [0.15, 0.2) is 0 Å². The summed E-state index contributed by atoms with van der Waals surface area (Å²) in [6.07, 6.45) is 2.99. The first kappa shape index (κ1) is 13.1. The van der Waals surface area contributed by atoms with Crippen LogP contribution >= 0.6 is 0 Å². The molecule has 0 fully saturated rings. The molecular formula is C18H17N3O. The Hall–Kier alpha value is -2.62. The molecule has 3 aromatic rings. The molecule has 4 nitrogen and oxygen atoms in total. The third-order valence-electron chi connectivity index (χ3n) is 4.35. The van der Waals surface area contributed by atoms with E-state index in [1.807, 2.05) is 23.1 Å². The molecule has 4 heteroatoms. The van der Waals surface area contributed by atoms with Crippen molar-refractivity contribution < 1.29 is 4.79 Å². The van der Waals surface area contributed by atoms with E-state index in [0.29, 0.717) is 0 Å². The molecule has 0 aliphatic carbocycles. The molecule has 1 aliphatic heterocycles. The summed E-state index contributed by atoms with van der Waals surface area (Å²) in [4.78, 5) is 18.2. The molecule has 1 amide bonds. The smallest absolute Gasteiger partial charge is 0.223 e. The minimum absolute atomic E-state index is 0.106. The summed E-state index contributed by atoms with van der Waals surface area (Å²) in [5.74, 6) is 0.106. The van der Waals surface area contributed by atoms with Crippen LogP contribution in [0, 0.1) is 6.92 Å². The quantitative estimate of drug-likeness (QED) is 0.690. The van der Waals surface area contributed by atoms with Crippen LogP contribution in [-0.2, 0) is 11.2 Å². The molecule has 1 aromatic carbocycles. The Labute approximate surface area is 129 Å². The molecule has 0 N–H and O–H groups in total. The lowest BCUT2D eigenvalue weighted by molar-refractivity contribution is -0.116. The number of aromatic nitrogens is 2. The molecule has 3 heterocycles. The van der Waals surface area contributed by atoms with E-state index < -0.39 is 0 Å². The first-order chi connectivity index (χ1) is 10.6. The average molecular weight is 291 g/mol. The highest BCUT2D eigenvalue weighted by molar-refractivity contribution is 5.94. The van der Waals surface area contributed by atoms with Crippen LogP contribution in [0.4, 0.5) is 5.69 Å². The van der Waals surface area contributed by atoms with Crippen molar-refractivity contribution in [2.45, 2.75) is 20.3 Å². The van der Waals surface area contributed by atoms with Crippen molar-refractivity contribution >= 4 is 17.2 Å². The van der Waals surface area contributed by atoms with Crippen molar-refractivity contribution in [3.8, 4) is 11.3 Å². The highest BCUT2D eigenvalue weighted by Gasteiger charge is 2.22. The van der Waals surface area contributed by atoms with E-state index in [9.17, 15) is 4.79 Å². The van der Waals surface area contributed by atoms with Crippen LogP contribution in [0.5, 0.6) is 0 Å². The van der Waals surface area contributed by atoms with E-state index in [-0.39, 0.29) is 5.91 Å². The molecule has 0 unspecified atom stereocenters. The second kappa shape index (κ2) is 4.70. The van der Waals surface area contributed by atoms with E-state index in [1.165, 1.54) is 11.3 Å². The van der Waals surface area contributed by atoms with Gasteiger partial charge in [0, 0.05) is 36.6 Å². The number of rotatable bonds is 1. The lowest BCUT2D eigenvalue weighted by Gasteiger charge is -2.14. The summed E-state index contributed by atoms with van der Waals surface area (Å²) >= 11 is 0. The fourth-order valence-corrected chi connectivity index (χ4v) is 3.18. The fraction of sp³-hybridized carbons (Fsp3) is 0.222. The van der Waals surface area contributed by atoms with E-state index in [1.54, 1.807) is 6.92 Å². The second-order valence-electron chi connectivity index (χ2n) is 5.79. The lowest BCUT2D eigenvalue weighted by Crippen LogP contribution is -2.25. The van der Waals surface area contributed by atoms with Gasteiger partial charge >= 0.3 is 0 Å². The topological polar surface area (TPSA) is 37.6 Å². The lowest BCUT2D eigenvalue weighted by atomic mass is 10.1. The van der Waals surface area contributed by atoms with Crippen LogP contribution in [0.1, 0.15) is 18.2 Å². The third-order valence-corrected chi connectivity index (χ3v) is 4.35. The average Bonchev–Trinajstić information content (AvgIpc) is 3.11. The Bertz CT molecular complexity index is 894. The molecule has 0 saturated heterocycles. The third kappa shape index (κ3) is 1.91. The molecule has 0 saturated carbocycles. The Kier molecular flexibility index (Phi) is 2.79. The number of nitrogens with zero attached hydrogens (tertiary/aromatic N) is 3. The maximum atomic E-state index is 11.6. The number of hydrogen-bond acceptors (Lipinski definition) is 2. The number of aryl methyl sites for hydroxylation is 1. The van der Waals surface area contributed by atoms with Crippen molar-refractivity contribution in [2.24, 2.45) is 0 Å². The van der Waals surface area contributed by atoms with E-state index in [4.69, 9.17) is 4.98 Å². The predicted molar refractivity (Wildman–Crippen MR) is 87.1 cm³/mol. The number of amides is 1. The Morgan fingerprint density at radius 3 is 2.86 bits per heavy atom. The van der Waals surface area contributed by atoms with Gasteiger partial charge in [-0.25, -0.2) is 4.98 Å². The molecule has 110 valence electrons. The van der Waals surface area contributed by atoms with Gasteiger partial charge in [0.2, 0.25) is 5.91 Å². The van der Waals surface area contributed by atoms with E-state index in [0.717, 1.165) is 35.6 Å². The largest absolute Gasteiger partial charge is 0.312 e. The van der Waals surface area contributed by atoms with Gasteiger partial charge < -0.3 is 9.30 Å². The summed E-state index contributed by atoms with van der Waals surface area (Å²) in [5, 5.41) is 0. The van der Waals surface area contributed by atoms with Crippen molar-refractivity contribution in [3.05, 3.63) is 53.9 Å². The zero-order valence-electron chi connectivity index (χ0n) is 12.7. The Balaban J connectivity index is 1.80. The molecular weight excluding hydrogens is 274 g/mol. The molecule has 22 heavy (non-hydrogen) atoms. The van der Waals surface area contributed by atoms with Crippen molar-refractivity contribution in [1.29, 1.82) is 0 Å². The van der Waals surface area contributed by atoms with Crippen LogP contribution in [0.15, 0.2) is 42.6 Å². The van der Waals surface area contributed by atoms with E-state index >= 15 is 0 Å². The van der Waals surface area contributed by atoms with Crippen LogP contribution in [0.2, 0.25) is 0 Å². The highest BCUT2D eigenvalue weighted by atomic mass is 16.2. The predicted octanol–water partition coefficient (Wildman–Crippen LogP) is 3.22. The fourth-order valence-electron chi connectivity index (χ4n) is 3.18. The van der Waals surface area contributed by atoms with Gasteiger partial charge in [-0.05, 0) is 43.2 Å². The number of fused-ring (bicyclic) bond motifs is 2. The monoisotopic (exact) mass is 291 g/mol. The van der Waals surface area contributed by atoms with Gasteiger partial charge in [0.25, 0.3) is 0 Å². The van der Waals surface area contributed by atoms with Gasteiger partial charge in [-0.1, -0.05) is 12.1 Å². The van der Waals surface area contributed by atoms with E-state index in [2.05, 4.69) is 35.7 Å². The summed E-state index contributed by atoms with van der Waals surface area (Å²) in [6.45, 7) is 4.47. The Morgan fingerprint density at radius 2 is 2.09 bits per heavy atom. The summed E-state index contributed by atoms with van der Waals surface area (Å²) < 4.78 is 2.10. The van der Waals surface area contributed by atoms with Crippen molar-refractivity contribution in [3.63, 3.8) is 0 Å². The normalized spacial score (nSPS) is 13.6. The summed E-state index contributed by atoms with van der Waals surface area (Å²) in [7, 11) is 0. The number of carbonyl (C=O) groups is 1. The minimum atomic E-state index is 0.106. The maximum absolute atomic E-state index is 11.6. The molecule has 2 aromatic heterocycles. The standard InChI is InChI=1S/C18H17N3O/c1-12-4-3-5-18-19-16(11-21(12)18)14-6-7-17-15(10-14)8-9-20(17)13(2)22/h3-7,10-11H,8-9H2,1-2H3. The minimum Gasteiger partial charge on any atom is -0.312 e. The van der Waals surface area contributed by atoms with Crippen LogP contribution in [-0.4, -0.2) is 21.8 Å². The summed E-state index contributed by atoms with van der Waals surface area (Å²) in [5.41, 5.74) is 6.46. The van der Waals surface area contributed by atoms with Gasteiger partial charge in [0.05, 0.1) is 5.69 Å². The van der Waals surface area contributed by atoms with Gasteiger partial charge in [-0.2, -0.15) is 0 Å². The van der Waals surface area contributed by atoms with Crippen molar-refractivity contribution in [2.75, 3.05) is 11.4 Å². The number of carbonyl (C=O) groups excluding carboxylic acids is 1. The molecule has 0 spiro atoms. The first-order valence-electron chi connectivity index (χ1n) is 7.49. The van der Waals surface area contributed by atoms with Crippen LogP contribution in [0.25, 0.3) is 16.9 Å². The number of benzene rings is 1. The number of pyridine rings is 1. The van der Waals surface area contributed by atoms with Gasteiger partial charge in [-0.15, -0.1) is 0 Å². The molecule has 0 bridgehead atoms. The van der Waals surface area contributed by atoms with Gasteiger partial charge in [0.1, 0.15) is 5.65 Å². The van der Waals surface area contributed by atoms with Crippen molar-refractivity contribution in [1.82, 2.24) is 9.38 Å². The maximum Gasteiger partial charge on any atom is 0.223 e. The first-order valence-corrected chi connectivity index (χ1v) is 7.49. The highest BCUT2D eigenvalue weighted by Crippen LogP contribution is 2.32. The Morgan fingerprint density at radius 1 is 1.23 bits per heavy atom. The SMILES string of the molecule is CC(=O)N1CCc2cc(-c3cn4c(C)cccc4n3)ccc21. The van der Waals surface area contributed by atoms with Gasteiger partial charge in [-0.3, -0.25) is 4.79 Å². The molecule has 1 aliphatic rings. The summed E-state index contributed by atoms with van der Waals surface area (Å²) in [6, 6.07) is 12.4. The zero-order valence-corrected chi connectivity index (χ0v) is 12.7. The number of hydrogen-bond donors (Lipinski definition) is 0. The molecule has 0 radical (unpaired) electrons. The van der Waals surface area contributed by atoms with Crippen LogP contribution < -0.4 is 4.90 Å². The van der Waals surface area contributed by atoms with Crippen LogP contribution in [0.3, 0.4) is 0 Å². The number of anilines is 1. The second-order valence-corrected chi connectivity index (χ2v) is 5.79. The number of imidazole rings is 1.